The Hall–Kier alpha value is 0.354. The molecule has 0 saturated heterocycles. The zero-order valence-corrected chi connectivity index (χ0v) is 14.9. The van der Waals surface area contributed by atoms with Gasteiger partial charge in [-0.05, 0) is 39.8 Å². The number of nitrogens with zero attached hydrogens (tertiary/aromatic N) is 2. The van der Waals surface area contributed by atoms with Crippen molar-refractivity contribution < 1.29 is 0 Å². The SMILES string of the molecule is CC(CC[Si](C)(C)N(C)C)[Si](C)(C)N(C)C. The summed E-state index contributed by atoms with van der Waals surface area (Å²) in [6.45, 7) is 12.4. The fourth-order valence-corrected chi connectivity index (χ4v) is 5.20. The highest BCUT2D eigenvalue weighted by molar-refractivity contribution is 6.77. The molecule has 0 amide bonds. The van der Waals surface area contributed by atoms with Crippen LogP contribution in [-0.4, -0.2) is 53.8 Å². The molecule has 0 aliphatic carbocycles. The summed E-state index contributed by atoms with van der Waals surface area (Å²) in [6, 6.07) is 1.42. The minimum atomic E-state index is -1.18. The summed E-state index contributed by atoms with van der Waals surface area (Å²) >= 11 is 0. The fourth-order valence-electron chi connectivity index (χ4n) is 1.59. The Balaban J connectivity index is 4.33. The molecule has 0 radical (unpaired) electrons. The summed E-state index contributed by atoms with van der Waals surface area (Å²) in [5.74, 6) is 0. The van der Waals surface area contributed by atoms with E-state index in [-0.39, 0.29) is 0 Å². The van der Waals surface area contributed by atoms with Crippen molar-refractivity contribution in [2.24, 2.45) is 0 Å². The molecule has 1 atom stereocenters. The average molecular weight is 261 g/mol. The second-order valence-electron chi connectivity index (χ2n) is 6.69. The Kier molecular flexibility index (Phi) is 5.93. The maximum atomic E-state index is 2.49. The standard InChI is InChI=1S/C12H32N2Si2/c1-12(16(8,9)14(4)5)10-11-15(6,7)13(2)3/h12H,10-11H2,1-9H3. The van der Waals surface area contributed by atoms with Gasteiger partial charge < -0.3 is 9.13 Å². The van der Waals surface area contributed by atoms with E-state index in [0.717, 1.165) is 5.54 Å². The Labute approximate surface area is 105 Å². The molecule has 0 heterocycles. The Morgan fingerprint density at radius 3 is 1.62 bits per heavy atom. The van der Waals surface area contributed by atoms with E-state index in [0.29, 0.717) is 0 Å². The Morgan fingerprint density at radius 1 is 0.875 bits per heavy atom. The van der Waals surface area contributed by atoms with Crippen LogP contribution < -0.4 is 0 Å². The van der Waals surface area contributed by atoms with Crippen molar-refractivity contribution in [3.8, 4) is 0 Å². The van der Waals surface area contributed by atoms with E-state index in [2.05, 4.69) is 70.4 Å². The van der Waals surface area contributed by atoms with Crippen LogP contribution in [0.1, 0.15) is 13.3 Å². The first-order valence-corrected chi connectivity index (χ1v) is 12.5. The van der Waals surface area contributed by atoms with Crippen LogP contribution in [0.2, 0.25) is 37.8 Å². The second kappa shape index (κ2) is 5.80. The summed E-state index contributed by atoms with van der Waals surface area (Å²) in [7, 11) is 6.68. The van der Waals surface area contributed by atoms with E-state index in [1.807, 2.05) is 0 Å². The van der Waals surface area contributed by atoms with E-state index < -0.39 is 16.5 Å². The number of hydrogen-bond donors (Lipinski definition) is 0. The van der Waals surface area contributed by atoms with Gasteiger partial charge in [0.05, 0.1) is 0 Å². The van der Waals surface area contributed by atoms with Crippen LogP contribution in [0.4, 0.5) is 0 Å². The first-order chi connectivity index (χ1) is 7.01. The van der Waals surface area contributed by atoms with Gasteiger partial charge in [0.1, 0.15) is 16.5 Å². The summed E-state index contributed by atoms with van der Waals surface area (Å²) < 4.78 is 4.96. The van der Waals surface area contributed by atoms with Gasteiger partial charge in [0.25, 0.3) is 0 Å². The molecule has 0 aromatic carbocycles. The maximum absolute atomic E-state index is 2.49. The molecule has 0 rings (SSSR count). The largest absolute Gasteiger partial charge is 0.329 e. The average Bonchev–Trinajstić information content (AvgIpc) is 2.13. The smallest absolute Gasteiger partial charge is 0.124 e. The van der Waals surface area contributed by atoms with Crippen molar-refractivity contribution in [3.05, 3.63) is 0 Å². The zero-order chi connectivity index (χ0) is 13.1. The van der Waals surface area contributed by atoms with Crippen molar-refractivity contribution in [2.75, 3.05) is 28.2 Å². The first kappa shape index (κ1) is 16.4. The number of hydrogen-bond acceptors (Lipinski definition) is 2. The van der Waals surface area contributed by atoms with Gasteiger partial charge in [-0.25, -0.2) is 0 Å². The molecule has 0 aromatic heterocycles. The van der Waals surface area contributed by atoms with Crippen LogP contribution in [0.3, 0.4) is 0 Å². The molecule has 0 spiro atoms. The van der Waals surface area contributed by atoms with Crippen molar-refractivity contribution in [1.29, 1.82) is 0 Å². The quantitative estimate of drug-likeness (QED) is 0.676. The summed E-state index contributed by atoms with van der Waals surface area (Å²) in [4.78, 5) is 0. The van der Waals surface area contributed by atoms with Gasteiger partial charge in [-0.1, -0.05) is 39.5 Å². The van der Waals surface area contributed by atoms with Crippen LogP contribution in [0.25, 0.3) is 0 Å². The molecule has 0 aromatic rings. The molecule has 0 bridgehead atoms. The summed E-state index contributed by atoms with van der Waals surface area (Å²) in [5.41, 5.74) is 0.884. The van der Waals surface area contributed by atoms with Gasteiger partial charge in [-0.3, -0.25) is 0 Å². The summed E-state index contributed by atoms with van der Waals surface area (Å²) in [6.07, 6.45) is 1.40. The zero-order valence-electron chi connectivity index (χ0n) is 12.9. The maximum Gasteiger partial charge on any atom is 0.124 e. The predicted octanol–water partition coefficient (Wildman–Crippen LogP) is 3.30. The molecule has 0 aliphatic rings. The van der Waals surface area contributed by atoms with Gasteiger partial charge in [-0.2, -0.15) is 0 Å². The van der Waals surface area contributed by atoms with E-state index in [1.165, 1.54) is 12.5 Å². The third kappa shape index (κ3) is 4.32. The molecule has 0 N–H and O–H groups in total. The second-order valence-corrected chi connectivity index (χ2v) is 16.9. The summed E-state index contributed by atoms with van der Waals surface area (Å²) in [5, 5.41) is 0. The van der Waals surface area contributed by atoms with Gasteiger partial charge in [0, 0.05) is 0 Å². The first-order valence-electron chi connectivity index (χ1n) is 6.36. The van der Waals surface area contributed by atoms with E-state index in [4.69, 9.17) is 0 Å². The lowest BCUT2D eigenvalue weighted by atomic mass is 10.4. The van der Waals surface area contributed by atoms with Crippen molar-refractivity contribution >= 4 is 16.5 Å². The van der Waals surface area contributed by atoms with Gasteiger partial charge >= 0.3 is 0 Å². The number of rotatable bonds is 6. The van der Waals surface area contributed by atoms with Crippen molar-refractivity contribution in [1.82, 2.24) is 9.13 Å². The molecule has 16 heavy (non-hydrogen) atoms. The lowest BCUT2D eigenvalue weighted by Crippen LogP contribution is -2.48. The molecular formula is C12H32N2Si2. The van der Waals surface area contributed by atoms with E-state index >= 15 is 0 Å². The normalized spacial score (nSPS) is 15.9. The van der Waals surface area contributed by atoms with Gasteiger partial charge in [-0.15, -0.1) is 0 Å². The van der Waals surface area contributed by atoms with Gasteiger partial charge in [0.2, 0.25) is 0 Å². The minimum absolute atomic E-state index is 0.884. The Morgan fingerprint density at radius 2 is 1.31 bits per heavy atom. The predicted molar refractivity (Wildman–Crippen MR) is 81.2 cm³/mol. The van der Waals surface area contributed by atoms with Crippen molar-refractivity contribution in [3.63, 3.8) is 0 Å². The molecule has 0 saturated carbocycles. The molecule has 4 heteroatoms. The third-order valence-electron chi connectivity index (χ3n) is 4.76. The Bertz CT molecular complexity index is 213. The van der Waals surface area contributed by atoms with E-state index in [9.17, 15) is 0 Å². The highest BCUT2D eigenvalue weighted by Crippen LogP contribution is 2.30. The van der Waals surface area contributed by atoms with Crippen LogP contribution in [0.5, 0.6) is 0 Å². The molecule has 98 valence electrons. The highest BCUT2D eigenvalue weighted by atomic mass is 28.3. The lowest BCUT2D eigenvalue weighted by molar-refractivity contribution is 0.578. The topological polar surface area (TPSA) is 6.48 Å². The molecule has 1 unspecified atom stereocenters. The van der Waals surface area contributed by atoms with Crippen LogP contribution in [0, 0.1) is 0 Å². The highest BCUT2D eigenvalue weighted by Gasteiger charge is 2.33. The monoisotopic (exact) mass is 260 g/mol. The van der Waals surface area contributed by atoms with Crippen LogP contribution >= 0.6 is 0 Å². The fraction of sp³-hybridized carbons (Fsp3) is 1.00. The van der Waals surface area contributed by atoms with Crippen LogP contribution in [0.15, 0.2) is 0 Å². The van der Waals surface area contributed by atoms with E-state index in [1.54, 1.807) is 0 Å². The molecule has 0 fully saturated rings. The van der Waals surface area contributed by atoms with Gasteiger partial charge in [0.15, 0.2) is 0 Å². The minimum Gasteiger partial charge on any atom is -0.329 e. The lowest BCUT2D eigenvalue weighted by Gasteiger charge is -2.38. The molecule has 0 aliphatic heterocycles. The third-order valence-corrected chi connectivity index (χ3v) is 13.7. The molecular weight excluding hydrogens is 228 g/mol. The molecule has 2 nitrogen and oxygen atoms in total. The van der Waals surface area contributed by atoms with Crippen LogP contribution in [-0.2, 0) is 0 Å². The van der Waals surface area contributed by atoms with Crippen molar-refractivity contribution in [2.45, 2.75) is 51.1 Å².